The maximum atomic E-state index is 12.6. The fraction of sp³-hybridized carbons (Fsp3) is 0.250. The number of ether oxygens (including phenoxy) is 2. The zero-order chi connectivity index (χ0) is 21.3. The topological polar surface area (TPSA) is 108 Å². The molecule has 154 valence electrons. The van der Waals surface area contributed by atoms with Gasteiger partial charge in [-0.2, -0.15) is 4.68 Å². The van der Waals surface area contributed by atoms with Crippen molar-refractivity contribution in [3.8, 4) is 17.2 Å². The van der Waals surface area contributed by atoms with Crippen molar-refractivity contribution in [2.75, 3.05) is 17.9 Å². The molecule has 0 aliphatic carbocycles. The van der Waals surface area contributed by atoms with Crippen LogP contribution in [0.3, 0.4) is 0 Å². The Morgan fingerprint density at radius 3 is 2.73 bits per heavy atom. The minimum Gasteiger partial charge on any atom is -0.454 e. The quantitative estimate of drug-likeness (QED) is 0.474. The van der Waals surface area contributed by atoms with Gasteiger partial charge in [0.2, 0.25) is 17.9 Å². The number of tetrazole rings is 1. The molecule has 0 saturated carbocycles. The molecule has 3 aromatic rings. The number of carbonyl (C=O) groups is 2. The summed E-state index contributed by atoms with van der Waals surface area (Å²) in [4.78, 5) is 24.5. The van der Waals surface area contributed by atoms with E-state index in [4.69, 9.17) is 9.47 Å². The molecule has 4 rings (SSSR count). The van der Waals surface area contributed by atoms with Crippen LogP contribution in [0, 0.1) is 13.8 Å². The van der Waals surface area contributed by atoms with Gasteiger partial charge in [0.1, 0.15) is 0 Å². The van der Waals surface area contributed by atoms with E-state index in [2.05, 4.69) is 20.8 Å². The number of nitrogens with zero attached hydrogens (tertiary/aromatic N) is 4. The normalized spacial score (nSPS) is 12.1. The number of hydrogen-bond acceptors (Lipinski definition) is 8. The number of carbonyl (C=O) groups excluding carboxylic acids is 2. The third kappa shape index (κ3) is 3.86. The predicted molar refractivity (Wildman–Crippen MR) is 111 cm³/mol. The lowest BCUT2D eigenvalue weighted by molar-refractivity contribution is -0.113. The maximum absolute atomic E-state index is 12.6. The van der Waals surface area contributed by atoms with Crippen LogP contribution in [-0.2, 0) is 4.79 Å². The van der Waals surface area contributed by atoms with Crippen LogP contribution in [0.25, 0.3) is 5.69 Å². The first-order valence-corrected chi connectivity index (χ1v) is 10.1. The van der Waals surface area contributed by atoms with Gasteiger partial charge in [-0.15, -0.1) is 5.10 Å². The largest absolute Gasteiger partial charge is 0.454 e. The summed E-state index contributed by atoms with van der Waals surface area (Å²) in [6.45, 7) is 5.53. The minimum atomic E-state index is -0.295. The van der Waals surface area contributed by atoms with Crippen molar-refractivity contribution in [2.24, 2.45) is 0 Å². The van der Waals surface area contributed by atoms with Crippen LogP contribution in [0.5, 0.6) is 11.5 Å². The van der Waals surface area contributed by atoms with E-state index in [1.54, 1.807) is 16.8 Å². The number of aromatic nitrogens is 4. The van der Waals surface area contributed by atoms with E-state index < -0.39 is 0 Å². The summed E-state index contributed by atoms with van der Waals surface area (Å²) in [5, 5.41) is 15.1. The van der Waals surface area contributed by atoms with Crippen LogP contribution in [0.4, 0.5) is 5.69 Å². The molecule has 2 aromatic carbocycles. The zero-order valence-corrected chi connectivity index (χ0v) is 17.4. The lowest BCUT2D eigenvalue weighted by Gasteiger charge is -2.11. The van der Waals surface area contributed by atoms with Gasteiger partial charge >= 0.3 is 0 Å². The molecule has 0 saturated heterocycles. The van der Waals surface area contributed by atoms with E-state index >= 15 is 0 Å². The molecule has 0 atom stereocenters. The Bertz CT molecular complexity index is 1140. The summed E-state index contributed by atoms with van der Waals surface area (Å²) in [5.74, 6) is 0.561. The molecule has 1 aliphatic heterocycles. The molecular formula is C20H19N5O4S. The molecule has 0 bridgehead atoms. The number of hydrogen-bond donors (Lipinski definition) is 1. The summed E-state index contributed by atoms with van der Waals surface area (Å²) >= 11 is 1.20. The molecule has 1 aliphatic rings. The lowest BCUT2D eigenvalue weighted by atomic mass is 10.1. The Labute approximate surface area is 176 Å². The number of nitrogens with one attached hydrogen (secondary N) is 1. The van der Waals surface area contributed by atoms with Crippen molar-refractivity contribution >= 4 is 29.1 Å². The summed E-state index contributed by atoms with van der Waals surface area (Å²) in [6.07, 6.45) is 0. The van der Waals surface area contributed by atoms with Gasteiger partial charge in [-0.05, 0) is 54.5 Å². The van der Waals surface area contributed by atoms with Gasteiger partial charge in [0.05, 0.1) is 17.1 Å². The summed E-state index contributed by atoms with van der Waals surface area (Å²) in [7, 11) is 0. The zero-order valence-electron chi connectivity index (χ0n) is 16.6. The van der Waals surface area contributed by atoms with E-state index in [0.717, 1.165) is 16.8 Å². The van der Waals surface area contributed by atoms with Crippen molar-refractivity contribution in [3.63, 3.8) is 0 Å². The predicted octanol–water partition coefficient (Wildman–Crippen LogP) is 2.94. The number of amides is 1. The molecule has 0 fully saturated rings. The second-order valence-corrected chi connectivity index (χ2v) is 7.68. The highest BCUT2D eigenvalue weighted by atomic mass is 32.2. The van der Waals surface area contributed by atoms with Gasteiger partial charge < -0.3 is 14.8 Å². The number of Topliss-reactive ketones (excluding diaryl/α,β-unsaturated/α-hetero) is 1. The molecule has 1 aromatic heterocycles. The average Bonchev–Trinajstić information content (AvgIpc) is 3.36. The highest BCUT2D eigenvalue weighted by molar-refractivity contribution is 7.99. The SMILES string of the molecule is CC(=O)c1cc2c(cc1NC(=O)CSc1nnnn1-c1cccc(C)c1C)OCO2. The van der Waals surface area contributed by atoms with Gasteiger partial charge in [-0.3, -0.25) is 9.59 Å². The molecule has 1 N–H and O–H groups in total. The van der Waals surface area contributed by atoms with Gasteiger partial charge in [0, 0.05) is 11.6 Å². The van der Waals surface area contributed by atoms with Gasteiger partial charge in [-0.25, -0.2) is 0 Å². The fourth-order valence-corrected chi connectivity index (χ4v) is 3.72. The van der Waals surface area contributed by atoms with E-state index in [-0.39, 0.29) is 24.2 Å². The molecule has 1 amide bonds. The molecule has 2 heterocycles. The first-order valence-electron chi connectivity index (χ1n) is 9.16. The Morgan fingerprint density at radius 2 is 1.97 bits per heavy atom. The number of rotatable bonds is 6. The van der Waals surface area contributed by atoms with Crippen molar-refractivity contribution in [3.05, 3.63) is 47.0 Å². The Balaban J connectivity index is 1.49. The first kappa shape index (κ1) is 19.9. The number of thioether (sulfide) groups is 1. The second-order valence-electron chi connectivity index (χ2n) is 6.74. The van der Waals surface area contributed by atoms with Gasteiger partial charge in [0.25, 0.3) is 0 Å². The lowest BCUT2D eigenvalue weighted by Crippen LogP contribution is -2.16. The smallest absolute Gasteiger partial charge is 0.234 e. The minimum absolute atomic E-state index is 0.0665. The summed E-state index contributed by atoms with van der Waals surface area (Å²) < 4.78 is 12.3. The van der Waals surface area contributed by atoms with Crippen molar-refractivity contribution in [2.45, 2.75) is 25.9 Å². The van der Waals surface area contributed by atoms with E-state index in [0.29, 0.717) is 27.9 Å². The van der Waals surface area contributed by atoms with Crippen LogP contribution in [-0.4, -0.2) is 44.4 Å². The molecule has 9 nitrogen and oxygen atoms in total. The Hall–Kier alpha value is -3.40. The number of ketones is 1. The van der Waals surface area contributed by atoms with E-state index in [1.807, 2.05) is 32.0 Å². The third-order valence-electron chi connectivity index (χ3n) is 4.74. The highest BCUT2D eigenvalue weighted by Crippen LogP contribution is 2.37. The van der Waals surface area contributed by atoms with E-state index in [1.165, 1.54) is 18.7 Å². The van der Waals surface area contributed by atoms with Crippen LogP contribution in [0.1, 0.15) is 28.4 Å². The second kappa shape index (κ2) is 8.15. The Kier molecular flexibility index (Phi) is 5.40. The molecule has 0 unspecified atom stereocenters. The molecule has 10 heteroatoms. The summed E-state index contributed by atoms with van der Waals surface area (Å²) in [6, 6.07) is 9.05. The maximum Gasteiger partial charge on any atom is 0.234 e. The fourth-order valence-electron chi connectivity index (χ4n) is 3.04. The van der Waals surface area contributed by atoms with Crippen molar-refractivity contribution in [1.82, 2.24) is 20.2 Å². The highest BCUT2D eigenvalue weighted by Gasteiger charge is 2.21. The molecular weight excluding hydrogens is 406 g/mol. The van der Waals surface area contributed by atoms with Crippen molar-refractivity contribution in [1.29, 1.82) is 0 Å². The van der Waals surface area contributed by atoms with Crippen LogP contribution < -0.4 is 14.8 Å². The average molecular weight is 425 g/mol. The third-order valence-corrected chi connectivity index (χ3v) is 5.66. The molecule has 30 heavy (non-hydrogen) atoms. The van der Waals surface area contributed by atoms with E-state index in [9.17, 15) is 9.59 Å². The molecule has 0 radical (unpaired) electrons. The number of aryl methyl sites for hydroxylation is 1. The van der Waals surface area contributed by atoms with Crippen LogP contribution in [0.15, 0.2) is 35.5 Å². The number of anilines is 1. The monoisotopic (exact) mass is 425 g/mol. The van der Waals surface area contributed by atoms with Crippen molar-refractivity contribution < 1.29 is 19.1 Å². The standard InChI is InChI=1S/C20H19N5O4S/c1-11-5-4-6-16(12(11)2)25-20(22-23-24-25)30-9-19(27)21-15-8-18-17(28-10-29-18)7-14(15)13(3)26/h4-8H,9-10H2,1-3H3,(H,21,27). The first-order chi connectivity index (χ1) is 14.4. The van der Waals surface area contributed by atoms with Crippen LogP contribution >= 0.6 is 11.8 Å². The Morgan fingerprint density at radius 1 is 1.20 bits per heavy atom. The number of benzene rings is 2. The molecule has 0 spiro atoms. The van der Waals surface area contributed by atoms with Gasteiger partial charge in [0.15, 0.2) is 17.3 Å². The van der Waals surface area contributed by atoms with Gasteiger partial charge in [-0.1, -0.05) is 23.9 Å². The summed E-state index contributed by atoms with van der Waals surface area (Å²) in [5.41, 5.74) is 3.78. The van der Waals surface area contributed by atoms with Crippen LogP contribution in [0.2, 0.25) is 0 Å². The number of fused-ring (bicyclic) bond motifs is 1.